The number of pyridine rings is 1. The van der Waals surface area contributed by atoms with Gasteiger partial charge in [-0.15, -0.1) is 0 Å². The average Bonchev–Trinajstić information content (AvgIpc) is 2.58. The summed E-state index contributed by atoms with van der Waals surface area (Å²) in [6.07, 6.45) is 0.180. The zero-order valence-electron chi connectivity index (χ0n) is 13.6. The molecule has 0 unspecified atom stereocenters. The number of rotatable bonds is 1. The first kappa shape index (κ1) is 14.7. The van der Waals surface area contributed by atoms with Crippen LogP contribution in [-0.4, -0.2) is 10.5 Å². The largest absolute Gasteiger partial charge is 0.426 e. The molecule has 0 bridgehead atoms. The summed E-state index contributed by atoms with van der Waals surface area (Å²) in [4.78, 5) is 25.0. The molecule has 0 saturated carbocycles. The van der Waals surface area contributed by atoms with Crippen molar-refractivity contribution in [2.45, 2.75) is 19.3 Å². The third-order valence-electron chi connectivity index (χ3n) is 4.81. The van der Waals surface area contributed by atoms with E-state index >= 15 is 0 Å². The molecule has 2 heterocycles. The Hall–Kier alpha value is -2.88. The van der Waals surface area contributed by atoms with Crippen LogP contribution in [0.4, 0.5) is 0 Å². The molecular weight excluding hydrogens is 302 g/mol. The lowest BCUT2D eigenvalue weighted by Gasteiger charge is -2.26. The van der Waals surface area contributed by atoms with E-state index in [2.05, 4.69) is 0 Å². The maximum absolute atomic E-state index is 12.8. The zero-order chi connectivity index (χ0) is 16.8. The van der Waals surface area contributed by atoms with Gasteiger partial charge in [0, 0.05) is 24.7 Å². The second kappa shape index (κ2) is 5.34. The molecule has 0 amide bonds. The smallest absolute Gasteiger partial charge is 0.312 e. The minimum atomic E-state index is -0.298. The molecule has 1 aliphatic rings. The molecule has 0 N–H and O–H groups in total. The first-order valence-corrected chi connectivity index (χ1v) is 7.95. The average molecular weight is 319 g/mol. The van der Waals surface area contributed by atoms with E-state index in [4.69, 9.17) is 4.74 Å². The fourth-order valence-corrected chi connectivity index (χ4v) is 3.47. The molecule has 3 aromatic rings. The molecule has 1 aliphatic heterocycles. The molecule has 24 heavy (non-hydrogen) atoms. The Kier molecular flexibility index (Phi) is 3.27. The number of fused-ring (bicyclic) bond motifs is 2. The Morgan fingerprint density at radius 2 is 1.83 bits per heavy atom. The Bertz CT molecular complexity index is 1030. The van der Waals surface area contributed by atoms with Crippen molar-refractivity contribution in [2.24, 2.45) is 7.05 Å². The molecule has 0 radical (unpaired) electrons. The summed E-state index contributed by atoms with van der Waals surface area (Å²) in [7, 11) is 1.74. The lowest BCUT2D eigenvalue weighted by molar-refractivity contribution is -0.135. The number of aromatic nitrogens is 1. The van der Waals surface area contributed by atoms with Crippen LogP contribution < -0.4 is 10.3 Å². The topological polar surface area (TPSA) is 48.3 Å². The van der Waals surface area contributed by atoms with Crippen molar-refractivity contribution >= 4 is 16.7 Å². The van der Waals surface area contributed by atoms with Crippen LogP contribution >= 0.6 is 0 Å². The summed E-state index contributed by atoms with van der Waals surface area (Å²) in [5.74, 6) is -0.190. The molecule has 120 valence electrons. The van der Waals surface area contributed by atoms with Crippen molar-refractivity contribution in [2.75, 3.05) is 0 Å². The predicted octanol–water partition coefficient (Wildman–Crippen LogP) is 3.29. The molecular formula is C20H17NO3. The van der Waals surface area contributed by atoms with Crippen LogP contribution in [0.2, 0.25) is 0 Å². The molecule has 4 heteroatoms. The van der Waals surface area contributed by atoms with E-state index in [-0.39, 0.29) is 23.9 Å². The fraction of sp³-hybridized carbons (Fsp3) is 0.200. The number of carbonyl (C=O) groups excluding carboxylic acids is 1. The van der Waals surface area contributed by atoms with Gasteiger partial charge in [-0.05, 0) is 23.3 Å². The van der Waals surface area contributed by atoms with Crippen molar-refractivity contribution in [3.05, 3.63) is 75.7 Å². The fourth-order valence-electron chi connectivity index (χ4n) is 3.47. The van der Waals surface area contributed by atoms with Gasteiger partial charge < -0.3 is 9.30 Å². The lowest BCUT2D eigenvalue weighted by atomic mass is 9.84. The predicted molar refractivity (Wildman–Crippen MR) is 92.5 cm³/mol. The van der Waals surface area contributed by atoms with E-state index in [9.17, 15) is 9.59 Å². The molecule has 0 fully saturated rings. The van der Waals surface area contributed by atoms with Gasteiger partial charge in [0.2, 0.25) is 0 Å². The third kappa shape index (κ3) is 2.14. The number of esters is 1. The number of nitrogens with zero attached hydrogens (tertiary/aromatic N) is 1. The summed E-state index contributed by atoms with van der Waals surface area (Å²) in [5, 5.41) is 2.16. The number of ether oxygens (including phenoxy) is 1. The summed E-state index contributed by atoms with van der Waals surface area (Å²) >= 11 is 0. The molecule has 0 saturated heterocycles. The van der Waals surface area contributed by atoms with E-state index in [0.29, 0.717) is 11.3 Å². The van der Waals surface area contributed by atoms with Crippen molar-refractivity contribution in [3.8, 4) is 5.75 Å². The molecule has 0 spiro atoms. The Labute approximate surface area is 139 Å². The molecule has 1 aromatic heterocycles. The SMILES string of the molecule is Cc1cc2c(c(=O)n1C)[C@H](c1cccc3ccccc13)CC(=O)O2. The van der Waals surface area contributed by atoms with Gasteiger partial charge in [-0.2, -0.15) is 0 Å². The summed E-state index contributed by atoms with van der Waals surface area (Å²) < 4.78 is 6.97. The van der Waals surface area contributed by atoms with Crippen LogP contribution in [0, 0.1) is 6.92 Å². The first-order valence-electron chi connectivity index (χ1n) is 7.95. The van der Waals surface area contributed by atoms with E-state index in [1.807, 2.05) is 49.4 Å². The number of carbonyl (C=O) groups is 1. The highest BCUT2D eigenvalue weighted by Gasteiger charge is 2.32. The van der Waals surface area contributed by atoms with Gasteiger partial charge in [-0.25, -0.2) is 0 Å². The normalized spacial score (nSPS) is 16.8. The van der Waals surface area contributed by atoms with Gasteiger partial charge in [0.25, 0.3) is 5.56 Å². The summed E-state index contributed by atoms with van der Waals surface area (Å²) in [6.45, 7) is 1.83. The second-order valence-corrected chi connectivity index (χ2v) is 6.23. The molecule has 1 atom stereocenters. The van der Waals surface area contributed by atoms with E-state index in [1.165, 1.54) is 0 Å². The maximum Gasteiger partial charge on any atom is 0.312 e. The summed E-state index contributed by atoms with van der Waals surface area (Å²) in [5.41, 5.74) is 2.23. The van der Waals surface area contributed by atoms with Gasteiger partial charge in [-0.3, -0.25) is 9.59 Å². The van der Waals surface area contributed by atoms with E-state index in [1.54, 1.807) is 17.7 Å². The Balaban J connectivity index is 2.02. The van der Waals surface area contributed by atoms with Crippen molar-refractivity contribution < 1.29 is 9.53 Å². The number of hydrogen-bond donors (Lipinski definition) is 0. The highest BCUT2D eigenvalue weighted by molar-refractivity contribution is 5.88. The quantitative estimate of drug-likeness (QED) is 0.647. The maximum atomic E-state index is 12.8. The minimum absolute atomic E-state index is 0.101. The standard InChI is InChI=1S/C20H17NO3/c1-12-10-17-19(20(23)21(12)2)16(11-18(22)24-17)15-9-5-7-13-6-3-4-8-14(13)15/h3-10,16H,11H2,1-2H3/t16-/m0/s1. The Morgan fingerprint density at radius 3 is 2.67 bits per heavy atom. The third-order valence-corrected chi connectivity index (χ3v) is 4.81. The van der Waals surface area contributed by atoms with E-state index < -0.39 is 0 Å². The van der Waals surface area contributed by atoms with Crippen LogP contribution in [0.15, 0.2) is 53.3 Å². The van der Waals surface area contributed by atoms with Crippen LogP contribution in [0.5, 0.6) is 5.75 Å². The van der Waals surface area contributed by atoms with Gasteiger partial charge in [-0.1, -0.05) is 42.5 Å². The highest BCUT2D eigenvalue weighted by Crippen LogP contribution is 2.39. The first-order chi connectivity index (χ1) is 11.6. The second-order valence-electron chi connectivity index (χ2n) is 6.23. The van der Waals surface area contributed by atoms with Crippen LogP contribution in [0.25, 0.3) is 10.8 Å². The number of aryl methyl sites for hydroxylation is 1. The zero-order valence-corrected chi connectivity index (χ0v) is 13.6. The van der Waals surface area contributed by atoms with Crippen LogP contribution in [0.3, 0.4) is 0 Å². The van der Waals surface area contributed by atoms with E-state index in [0.717, 1.165) is 22.0 Å². The van der Waals surface area contributed by atoms with Gasteiger partial charge in [0.15, 0.2) is 0 Å². The lowest BCUT2D eigenvalue weighted by Crippen LogP contribution is -2.32. The highest BCUT2D eigenvalue weighted by atomic mass is 16.5. The van der Waals surface area contributed by atoms with Gasteiger partial charge >= 0.3 is 5.97 Å². The van der Waals surface area contributed by atoms with Gasteiger partial charge in [0.05, 0.1) is 12.0 Å². The van der Waals surface area contributed by atoms with Crippen LogP contribution in [-0.2, 0) is 11.8 Å². The van der Waals surface area contributed by atoms with Crippen molar-refractivity contribution in [1.29, 1.82) is 0 Å². The molecule has 0 aliphatic carbocycles. The monoisotopic (exact) mass is 319 g/mol. The number of hydrogen-bond acceptors (Lipinski definition) is 3. The summed E-state index contributed by atoms with van der Waals surface area (Å²) in [6, 6.07) is 15.8. The van der Waals surface area contributed by atoms with Crippen molar-refractivity contribution in [1.82, 2.24) is 4.57 Å². The molecule has 4 rings (SSSR count). The van der Waals surface area contributed by atoms with Crippen LogP contribution in [0.1, 0.15) is 29.2 Å². The number of benzene rings is 2. The van der Waals surface area contributed by atoms with Gasteiger partial charge in [0.1, 0.15) is 5.75 Å². The van der Waals surface area contributed by atoms with Crippen molar-refractivity contribution in [3.63, 3.8) is 0 Å². The minimum Gasteiger partial charge on any atom is -0.426 e. The molecule has 4 nitrogen and oxygen atoms in total. The Morgan fingerprint density at radius 1 is 1.08 bits per heavy atom. The molecule has 2 aromatic carbocycles.